The normalized spacial score (nSPS) is 14.0. The largest absolute Gasteiger partial charge is 0.457 e. The predicted molar refractivity (Wildman–Crippen MR) is 125 cm³/mol. The van der Waals surface area contributed by atoms with E-state index in [0.717, 1.165) is 46.3 Å². The Morgan fingerprint density at radius 2 is 2.09 bits per heavy atom. The number of aromatic nitrogens is 5. The Balaban J connectivity index is 1.40. The SMILES string of the molecule is Cn1ncc2cc(Oc3cc(-c4nc5ncccc5[nH]4)ccc3CN3CCCC3=O)ccc21. The van der Waals surface area contributed by atoms with E-state index in [0.29, 0.717) is 30.1 Å². The number of pyridine rings is 1. The number of imidazole rings is 1. The first-order valence-electron chi connectivity index (χ1n) is 11.0. The van der Waals surface area contributed by atoms with Crippen LogP contribution in [0.15, 0.2) is 60.9 Å². The number of nitrogens with one attached hydrogen (secondary N) is 1. The van der Waals surface area contributed by atoms with Crippen molar-refractivity contribution >= 4 is 28.0 Å². The van der Waals surface area contributed by atoms with E-state index in [9.17, 15) is 4.79 Å². The lowest BCUT2D eigenvalue weighted by atomic mass is 10.1. The number of likely N-dealkylation sites (tertiary alicyclic amines) is 1. The van der Waals surface area contributed by atoms with Gasteiger partial charge in [-0.1, -0.05) is 12.1 Å². The number of fused-ring (bicyclic) bond motifs is 2. The second-order valence-electron chi connectivity index (χ2n) is 8.29. The lowest BCUT2D eigenvalue weighted by Crippen LogP contribution is -2.24. The zero-order valence-electron chi connectivity index (χ0n) is 18.2. The van der Waals surface area contributed by atoms with Crippen LogP contribution in [0.5, 0.6) is 11.5 Å². The molecule has 1 fully saturated rings. The molecule has 3 aromatic heterocycles. The minimum absolute atomic E-state index is 0.185. The van der Waals surface area contributed by atoms with Gasteiger partial charge in [-0.15, -0.1) is 0 Å². The van der Waals surface area contributed by atoms with Crippen molar-refractivity contribution in [2.45, 2.75) is 19.4 Å². The topological polar surface area (TPSA) is 88.9 Å². The fraction of sp³-hybridized carbons (Fsp3) is 0.200. The average Bonchev–Trinajstić information content (AvgIpc) is 3.54. The zero-order valence-corrected chi connectivity index (χ0v) is 18.2. The molecule has 8 nitrogen and oxygen atoms in total. The monoisotopic (exact) mass is 438 g/mol. The van der Waals surface area contributed by atoms with Gasteiger partial charge in [0.15, 0.2) is 5.65 Å². The van der Waals surface area contributed by atoms with Crippen LogP contribution in [0.25, 0.3) is 33.5 Å². The Labute approximate surface area is 189 Å². The molecule has 164 valence electrons. The van der Waals surface area contributed by atoms with Gasteiger partial charge in [0, 0.05) is 49.3 Å². The molecule has 0 unspecified atom stereocenters. The Morgan fingerprint density at radius 3 is 2.94 bits per heavy atom. The number of amides is 1. The maximum absolute atomic E-state index is 12.2. The number of rotatable bonds is 5. The Bertz CT molecular complexity index is 1470. The molecule has 5 aromatic rings. The number of aromatic amines is 1. The number of hydrogen-bond acceptors (Lipinski definition) is 5. The maximum Gasteiger partial charge on any atom is 0.222 e. The molecule has 8 heteroatoms. The van der Waals surface area contributed by atoms with Crippen molar-refractivity contribution in [3.63, 3.8) is 0 Å². The summed E-state index contributed by atoms with van der Waals surface area (Å²) in [5.41, 5.74) is 4.43. The first-order valence-corrected chi connectivity index (χ1v) is 11.0. The summed E-state index contributed by atoms with van der Waals surface area (Å²) in [6.07, 6.45) is 5.06. The van der Waals surface area contributed by atoms with Crippen LogP contribution in [-0.2, 0) is 18.4 Å². The fourth-order valence-electron chi connectivity index (χ4n) is 4.32. The molecule has 0 spiro atoms. The fourth-order valence-corrected chi connectivity index (χ4v) is 4.32. The Kier molecular flexibility index (Phi) is 4.57. The van der Waals surface area contributed by atoms with E-state index in [4.69, 9.17) is 4.74 Å². The van der Waals surface area contributed by atoms with Crippen LogP contribution in [0, 0.1) is 0 Å². The number of hydrogen-bond donors (Lipinski definition) is 1. The highest BCUT2D eigenvalue weighted by Crippen LogP contribution is 2.33. The number of carbonyl (C=O) groups is 1. The van der Waals surface area contributed by atoms with Crippen LogP contribution in [-0.4, -0.2) is 42.1 Å². The molecule has 1 amide bonds. The summed E-state index contributed by atoms with van der Waals surface area (Å²) in [6, 6.07) is 15.7. The highest BCUT2D eigenvalue weighted by Gasteiger charge is 2.22. The van der Waals surface area contributed by atoms with Gasteiger partial charge in [0.25, 0.3) is 0 Å². The quantitative estimate of drug-likeness (QED) is 0.439. The van der Waals surface area contributed by atoms with Crippen molar-refractivity contribution in [3.8, 4) is 22.9 Å². The van der Waals surface area contributed by atoms with Gasteiger partial charge in [0.2, 0.25) is 5.91 Å². The second-order valence-corrected chi connectivity index (χ2v) is 8.29. The molecule has 2 aromatic carbocycles. The van der Waals surface area contributed by atoms with Gasteiger partial charge in [-0.25, -0.2) is 9.97 Å². The highest BCUT2D eigenvalue weighted by atomic mass is 16.5. The lowest BCUT2D eigenvalue weighted by molar-refractivity contribution is -0.128. The standard InChI is InChI=1S/C25H22N6O2/c1-30-21-9-8-19(12-18(21)14-27-30)33-22-13-16(24-28-20-4-2-10-26-25(20)29-24)6-7-17(22)15-31-11-3-5-23(31)32/h2,4,6-10,12-14H,3,5,11,15H2,1H3,(H,26,28,29). The first kappa shape index (κ1) is 19.5. The molecule has 0 radical (unpaired) electrons. The van der Waals surface area contributed by atoms with Crippen LogP contribution >= 0.6 is 0 Å². The summed E-state index contributed by atoms with van der Waals surface area (Å²) in [5, 5.41) is 5.32. The molecule has 1 aliphatic heterocycles. The number of H-pyrrole nitrogens is 1. The van der Waals surface area contributed by atoms with Gasteiger partial charge in [-0.05, 0) is 42.8 Å². The molecule has 33 heavy (non-hydrogen) atoms. The maximum atomic E-state index is 12.2. The predicted octanol–water partition coefficient (Wildman–Crippen LogP) is 4.43. The number of benzene rings is 2. The van der Waals surface area contributed by atoms with Gasteiger partial charge < -0.3 is 14.6 Å². The molecule has 6 rings (SSSR count). The minimum Gasteiger partial charge on any atom is -0.457 e. The zero-order chi connectivity index (χ0) is 22.4. The molecule has 1 N–H and O–H groups in total. The van der Waals surface area contributed by atoms with E-state index >= 15 is 0 Å². The number of aryl methyl sites for hydroxylation is 1. The van der Waals surface area contributed by atoms with E-state index in [2.05, 4.69) is 20.1 Å². The van der Waals surface area contributed by atoms with Gasteiger partial charge in [0.05, 0.1) is 17.2 Å². The third kappa shape index (κ3) is 3.59. The summed E-state index contributed by atoms with van der Waals surface area (Å²) >= 11 is 0. The van der Waals surface area contributed by atoms with E-state index in [-0.39, 0.29) is 5.91 Å². The van der Waals surface area contributed by atoms with Crippen molar-refractivity contribution in [1.29, 1.82) is 0 Å². The van der Waals surface area contributed by atoms with Gasteiger partial charge >= 0.3 is 0 Å². The number of carbonyl (C=O) groups excluding carboxylic acids is 1. The highest BCUT2D eigenvalue weighted by molar-refractivity contribution is 5.81. The van der Waals surface area contributed by atoms with E-state index in [1.165, 1.54) is 0 Å². The van der Waals surface area contributed by atoms with Crippen LogP contribution in [0.3, 0.4) is 0 Å². The molecular formula is C25H22N6O2. The van der Waals surface area contributed by atoms with Crippen molar-refractivity contribution in [2.75, 3.05) is 6.54 Å². The van der Waals surface area contributed by atoms with E-state index in [1.807, 2.05) is 71.4 Å². The molecule has 4 heterocycles. The third-order valence-electron chi connectivity index (χ3n) is 6.08. The van der Waals surface area contributed by atoms with Crippen molar-refractivity contribution in [1.82, 2.24) is 29.6 Å². The van der Waals surface area contributed by atoms with Crippen molar-refractivity contribution < 1.29 is 9.53 Å². The molecule has 0 saturated carbocycles. The minimum atomic E-state index is 0.185. The smallest absolute Gasteiger partial charge is 0.222 e. The second kappa shape index (κ2) is 7.74. The first-order chi connectivity index (χ1) is 16.1. The van der Waals surface area contributed by atoms with Gasteiger partial charge in [-0.2, -0.15) is 5.10 Å². The van der Waals surface area contributed by atoms with Gasteiger partial charge in [0.1, 0.15) is 17.3 Å². The van der Waals surface area contributed by atoms with Crippen molar-refractivity contribution in [3.05, 3.63) is 66.5 Å². The van der Waals surface area contributed by atoms with Crippen molar-refractivity contribution in [2.24, 2.45) is 7.05 Å². The van der Waals surface area contributed by atoms with Crippen LogP contribution in [0.2, 0.25) is 0 Å². The van der Waals surface area contributed by atoms with E-state index < -0.39 is 0 Å². The number of ether oxygens (including phenoxy) is 1. The summed E-state index contributed by atoms with van der Waals surface area (Å²) in [5.74, 6) is 2.32. The Morgan fingerprint density at radius 1 is 1.15 bits per heavy atom. The summed E-state index contributed by atoms with van der Waals surface area (Å²) in [6.45, 7) is 1.29. The summed E-state index contributed by atoms with van der Waals surface area (Å²) in [7, 11) is 1.92. The van der Waals surface area contributed by atoms with Crippen LogP contribution in [0.1, 0.15) is 18.4 Å². The average molecular weight is 438 g/mol. The molecule has 0 aliphatic carbocycles. The lowest BCUT2D eigenvalue weighted by Gasteiger charge is -2.19. The number of nitrogens with zero attached hydrogens (tertiary/aromatic N) is 5. The molecule has 0 bridgehead atoms. The van der Waals surface area contributed by atoms with Crippen LogP contribution in [0.4, 0.5) is 0 Å². The molecule has 1 saturated heterocycles. The summed E-state index contributed by atoms with van der Waals surface area (Å²) < 4.78 is 8.21. The van der Waals surface area contributed by atoms with Gasteiger partial charge in [-0.3, -0.25) is 9.48 Å². The molecule has 1 aliphatic rings. The molecule has 0 atom stereocenters. The molecular weight excluding hydrogens is 416 g/mol. The summed E-state index contributed by atoms with van der Waals surface area (Å²) in [4.78, 5) is 26.4. The van der Waals surface area contributed by atoms with E-state index in [1.54, 1.807) is 6.20 Å². The Hall–Kier alpha value is -4.20. The van der Waals surface area contributed by atoms with Crippen LogP contribution < -0.4 is 4.74 Å². The third-order valence-corrected chi connectivity index (χ3v) is 6.08.